The first-order valence-electron chi connectivity index (χ1n) is 9.74. The van der Waals surface area contributed by atoms with Gasteiger partial charge in [-0.15, -0.1) is 0 Å². The number of benzene rings is 2. The van der Waals surface area contributed by atoms with Gasteiger partial charge in [0.1, 0.15) is 5.75 Å². The molecule has 6 heteroatoms. The van der Waals surface area contributed by atoms with Crippen molar-refractivity contribution in [1.29, 1.82) is 5.41 Å². The van der Waals surface area contributed by atoms with Crippen molar-refractivity contribution in [3.8, 4) is 5.75 Å². The lowest BCUT2D eigenvalue weighted by Crippen LogP contribution is -2.27. The molecule has 1 N–H and O–H groups in total. The van der Waals surface area contributed by atoms with Crippen LogP contribution in [0.3, 0.4) is 0 Å². The Kier molecular flexibility index (Phi) is 5.08. The number of nitrogens with one attached hydrogen (secondary N) is 1. The highest BCUT2D eigenvalue weighted by atomic mass is 35.5. The first-order valence-corrected chi connectivity index (χ1v) is 10.5. The molecule has 2 aliphatic carbocycles. The normalized spacial score (nSPS) is 19.4. The molecule has 0 spiro atoms. The van der Waals surface area contributed by atoms with Gasteiger partial charge in [0.05, 0.1) is 11.1 Å². The Morgan fingerprint density at radius 3 is 2.50 bits per heavy atom. The fourth-order valence-electron chi connectivity index (χ4n) is 4.74. The molecule has 1 atom stereocenters. The summed E-state index contributed by atoms with van der Waals surface area (Å²) >= 11 is 12.9. The summed E-state index contributed by atoms with van der Waals surface area (Å²) in [6, 6.07) is 5.45. The van der Waals surface area contributed by atoms with E-state index in [1.165, 1.54) is 12.5 Å². The molecule has 156 valence electrons. The van der Waals surface area contributed by atoms with E-state index in [0.29, 0.717) is 33.3 Å². The van der Waals surface area contributed by atoms with Crippen molar-refractivity contribution in [3.63, 3.8) is 0 Å². The van der Waals surface area contributed by atoms with E-state index >= 15 is 0 Å². The Hall–Kier alpha value is -2.14. The predicted molar refractivity (Wildman–Crippen MR) is 122 cm³/mol. The molecular formula is C24H23Cl2NO3. The second-order valence-corrected chi connectivity index (χ2v) is 9.22. The lowest BCUT2D eigenvalue weighted by Gasteiger charge is -2.31. The molecule has 0 saturated heterocycles. The molecule has 4 nitrogen and oxygen atoms in total. The van der Waals surface area contributed by atoms with E-state index in [4.69, 9.17) is 38.1 Å². The van der Waals surface area contributed by atoms with Crippen LogP contribution in [0.25, 0.3) is 16.3 Å². The number of allylic oxidation sites excluding steroid dienone is 2. The first kappa shape index (κ1) is 21.1. The summed E-state index contributed by atoms with van der Waals surface area (Å²) in [6.45, 7) is 7.47. The Bertz CT molecular complexity index is 1190. The highest BCUT2D eigenvalue weighted by molar-refractivity contribution is 6.39. The van der Waals surface area contributed by atoms with Crippen molar-refractivity contribution in [3.05, 3.63) is 56.6 Å². The number of ether oxygens (including phenoxy) is 2. The van der Waals surface area contributed by atoms with Crippen LogP contribution < -0.4 is 4.74 Å². The average Bonchev–Trinajstić information content (AvgIpc) is 2.86. The van der Waals surface area contributed by atoms with Gasteiger partial charge in [0.25, 0.3) is 0 Å². The maximum atomic E-state index is 11.8. The number of esters is 1. The van der Waals surface area contributed by atoms with Gasteiger partial charge in [-0.3, -0.25) is 4.79 Å². The Balaban J connectivity index is 2.11. The minimum atomic E-state index is -0.406. The van der Waals surface area contributed by atoms with E-state index in [0.717, 1.165) is 27.7 Å². The average molecular weight is 444 g/mol. The Morgan fingerprint density at radius 1 is 1.20 bits per heavy atom. The minimum absolute atomic E-state index is 0.166. The van der Waals surface area contributed by atoms with Crippen LogP contribution in [0.4, 0.5) is 0 Å². The Labute approximate surface area is 186 Å². The van der Waals surface area contributed by atoms with E-state index < -0.39 is 5.97 Å². The maximum absolute atomic E-state index is 11.8. The molecule has 0 heterocycles. The summed E-state index contributed by atoms with van der Waals surface area (Å²) in [7, 11) is 1.68. The highest BCUT2D eigenvalue weighted by Crippen LogP contribution is 2.55. The van der Waals surface area contributed by atoms with Gasteiger partial charge in [0.15, 0.2) is 0 Å². The first-order chi connectivity index (χ1) is 14.1. The number of hydrogen-bond donors (Lipinski definition) is 1. The van der Waals surface area contributed by atoms with Crippen LogP contribution >= 0.6 is 23.2 Å². The molecule has 0 aromatic heterocycles. The van der Waals surface area contributed by atoms with E-state index in [1.807, 2.05) is 12.1 Å². The van der Waals surface area contributed by atoms with E-state index in [1.54, 1.807) is 20.1 Å². The highest BCUT2D eigenvalue weighted by Gasteiger charge is 2.42. The molecule has 0 fully saturated rings. The molecule has 1 unspecified atom stereocenters. The number of carbonyl (C=O) groups is 1. The van der Waals surface area contributed by atoms with Gasteiger partial charge >= 0.3 is 5.97 Å². The van der Waals surface area contributed by atoms with Gasteiger partial charge in [-0.25, -0.2) is 0 Å². The lowest BCUT2D eigenvalue weighted by atomic mass is 9.76. The van der Waals surface area contributed by atoms with Gasteiger partial charge in [-0.05, 0) is 58.9 Å². The summed E-state index contributed by atoms with van der Waals surface area (Å²) in [4.78, 5) is 11.8. The van der Waals surface area contributed by atoms with Crippen LogP contribution in [0, 0.1) is 5.41 Å². The van der Waals surface area contributed by atoms with E-state index in [2.05, 4.69) is 19.9 Å². The van der Waals surface area contributed by atoms with Gasteiger partial charge in [-0.2, -0.15) is 0 Å². The van der Waals surface area contributed by atoms with Crippen molar-refractivity contribution in [1.82, 2.24) is 0 Å². The molecule has 4 rings (SSSR count). The quantitative estimate of drug-likeness (QED) is 0.334. The van der Waals surface area contributed by atoms with Crippen molar-refractivity contribution >= 4 is 51.2 Å². The van der Waals surface area contributed by atoms with Crippen LogP contribution in [0.2, 0.25) is 10.0 Å². The number of methoxy groups -OCH3 is 1. The maximum Gasteiger partial charge on any atom is 0.308 e. The van der Waals surface area contributed by atoms with Crippen molar-refractivity contribution in [2.24, 2.45) is 0 Å². The fourth-order valence-corrected chi connectivity index (χ4v) is 5.33. The topological polar surface area (TPSA) is 59.4 Å². The SMILES string of the molecule is COC1CC2=C(C=C1C(C)=N)c1c(cc(OC(C)=O)c3c(Cl)cc(Cl)cc13)C2(C)C. The fraction of sp³-hybridized carbons (Fsp3) is 0.333. The molecule has 30 heavy (non-hydrogen) atoms. The number of hydrogen-bond acceptors (Lipinski definition) is 4. The smallest absolute Gasteiger partial charge is 0.308 e. The van der Waals surface area contributed by atoms with Crippen molar-refractivity contribution in [2.45, 2.75) is 45.6 Å². The monoisotopic (exact) mass is 443 g/mol. The molecule has 2 aliphatic rings. The van der Waals surface area contributed by atoms with Crippen LogP contribution in [0.5, 0.6) is 5.75 Å². The van der Waals surface area contributed by atoms with Crippen LogP contribution in [-0.4, -0.2) is 24.9 Å². The van der Waals surface area contributed by atoms with Crippen LogP contribution in [-0.2, 0) is 14.9 Å². The number of carbonyl (C=O) groups excluding carboxylic acids is 1. The zero-order chi connectivity index (χ0) is 22.0. The van der Waals surface area contributed by atoms with Gasteiger partial charge in [0, 0.05) is 47.6 Å². The third kappa shape index (κ3) is 3.09. The molecule has 2 aromatic rings. The largest absolute Gasteiger partial charge is 0.426 e. The third-order valence-corrected chi connectivity index (χ3v) is 6.66. The third-order valence-electron chi connectivity index (χ3n) is 6.15. The summed E-state index contributed by atoms with van der Waals surface area (Å²) in [5.74, 6) is 0.0263. The zero-order valence-corrected chi connectivity index (χ0v) is 19.1. The van der Waals surface area contributed by atoms with Gasteiger partial charge in [0.2, 0.25) is 0 Å². The predicted octanol–water partition coefficient (Wildman–Crippen LogP) is 6.50. The summed E-state index contributed by atoms with van der Waals surface area (Å²) in [5.41, 5.74) is 5.41. The molecule has 0 bridgehead atoms. The molecule has 0 aliphatic heterocycles. The summed E-state index contributed by atoms with van der Waals surface area (Å²) in [5, 5.41) is 10.7. The van der Waals surface area contributed by atoms with Crippen molar-refractivity contribution in [2.75, 3.05) is 7.11 Å². The molecule has 2 aromatic carbocycles. The summed E-state index contributed by atoms with van der Waals surface area (Å²) in [6.07, 6.45) is 2.58. The number of halogens is 2. The van der Waals surface area contributed by atoms with E-state index in [-0.39, 0.29) is 11.5 Å². The molecule has 0 saturated carbocycles. The van der Waals surface area contributed by atoms with Crippen LogP contribution in [0.1, 0.15) is 45.2 Å². The van der Waals surface area contributed by atoms with Gasteiger partial charge < -0.3 is 14.9 Å². The second kappa shape index (κ2) is 7.23. The zero-order valence-electron chi connectivity index (χ0n) is 17.6. The number of fused-ring (bicyclic) bond motifs is 4. The van der Waals surface area contributed by atoms with Crippen molar-refractivity contribution < 1.29 is 14.3 Å². The second-order valence-electron chi connectivity index (χ2n) is 8.37. The Morgan fingerprint density at radius 2 is 1.90 bits per heavy atom. The van der Waals surface area contributed by atoms with Gasteiger partial charge in [-0.1, -0.05) is 37.0 Å². The molecular weight excluding hydrogens is 421 g/mol. The molecule has 0 amide bonds. The molecule has 0 radical (unpaired) electrons. The van der Waals surface area contributed by atoms with Crippen LogP contribution in [0.15, 0.2) is 35.4 Å². The lowest BCUT2D eigenvalue weighted by molar-refractivity contribution is -0.131. The number of rotatable bonds is 3. The standard InChI is InChI=1S/C24H23Cl2NO3/c1-11(27)14-8-15-17(9-20(14)29-5)24(3,4)18-10-21(30-12(2)28)23-16(22(15)18)6-13(25)7-19(23)26/h6-8,10,20,27H,9H2,1-5H3. The minimum Gasteiger partial charge on any atom is -0.426 e. The summed E-state index contributed by atoms with van der Waals surface area (Å²) < 4.78 is 11.3. The van der Waals surface area contributed by atoms with E-state index in [9.17, 15) is 4.79 Å².